The Kier molecular flexibility index (Phi) is 4.09. The third kappa shape index (κ3) is 3.04. The van der Waals surface area contributed by atoms with Gasteiger partial charge in [-0.1, -0.05) is 30.3 Å². The molecule has 0 saturated heterocycles. The quantitative estimate of drug-likeness (QED) is 0.368. The van der Waals surface area contributed by atoms with Crippen molar-refractivity contribution in [1.29, 1.82) is 0 Å². The van der Waals surface area contributed by atoms with Crippen molar-refractivity contribution in [2.24, 2.45) is 0 Å². The molecule has 2 aromatic carbocycles. The van der Waals surface area contributed by atoms with Crippen molar-refractivity contribution in [1.82, 2.24) is 20.1 Å². The van der Waals surface area contributed by atoms with Gasteiger partial charge in [0.25, 0.3) is 11.6 Å². The molecule has 1 aliphatic heterocycles. The summed E-state index contributed by atoms with van der Waals surface area (Å²) in [6, 6.07) is 17.0. The number of benzene rings is 2. The molecule has 8 heteroatoms. The summed E-state index contributed by atoms with van der Waals surface area (Å²) < 4.78 is 1.97. The molecule has 5 rings (SSSR count). The summed E-state index contributed by atoms with van der Waals surface area (Å²) in [7, 11) is 0. The van der Waals surface area contributed by atoms with Gasteiger partial charge in [0.15, 0.2) is 4.87 Å². The standard InChI is InChI=1S/C21H18N6O2/c28-21-19-11-15-7-8-16(12-18(15)26(19)10-4-9-22-21)27(29)25-17-13-23-24-20(17)14-5-2-1-3-6-14/h1-3,5-8,11-13H,4,9-10H2,(H2-,22,23,24,25,28,29)/p+1. The number of hydrogen-bond acceptors (Lipinski definition) is 3. The van der Waals surface area contributed by atoms with Crippen molar-refractivity contribution in [2.45, 2.75) is 13.0 Å². The van der Waals surface area contributed by atoms with Crippen molar-refractivity contribution < 1.29 is 9.66 Å². The molecule has 3 heterocycles. The lowest BCUT2D eigenvalue weighted by atomic mass is 10.1. The highest BCUT2D eigenvalue weighted by Crippen LogP contribution is 2.29. The average Bonchev–Trinajstić information content (AvgIpc) is 3.31. The lowest BCUT2D eigenvalue weighted by molar-refractivity contribution is -0.427. The molecule has 0 radical (unpaired) electrons. The highest BCUT2D eigenvalue weighted by molar-refractivity contribution is 5.99. The molecule has 8 nitrogen and oxygen atoms in total. The van der Waals surface area contributed by atoms with Gasteiger partial charge in [-0.25, -0.2) is 0 Å². The number of carbonyl (C=O) groups excluding carboxylic acids is 1. The molecule has 0 spiro atoms. The number of nitroso groups, excluding NO2 is 1. The monoisotopic (exact) mass is 387 g/mol. The molecule has 3 N–H and O–H groups in total. The molecule has 29 heavy (non-hydrogen) atoms. The number of hydrazine groups is 1. The molecule has 1 aliphatic rings. The zero-order chi connectivity index (χ0) is 19.8. The van der Waals surface area contributed by atoms with E-state index in [9.17, 15) is 9.70 Å². The molecular weight excluding hydrogens is 368 g/mol. The van der Waals surface area contributed by atoms with Crippen LogP contribution in [0.25, 0.3) is 22.2 Å². The number of aryl methyl sites for hydroxylation is 1. The molecule has 0 atom stereocenters. The van der Waals surface area contributed by atoms with Gasteiger partial charge in [-0.3, -0.25) is 9.89 Å². The number of fused-ring (bicyclic) bond motifs is 3. The van der Waals surface area contributed by atoms with E-state index in [1.54, 1.807) is 18.3 Å². The smallest absolute Gasteiger partial charge is 0.294 e. The zero-order valence-corrected chi connectivity index (χ0v) is 15.6. The maximum Gasteiger partial charge on any atom is 0.294 e. The summed E-state index contributed by atoms with van der Waals surface area (Å²) >= 11 is 0. The summed E-state index contributed by atoms with van der Waals surface area (Å²) in [6.45, 7) is 1.38. The Labute approximate surface area is 166 Å². The van der Waals surface area contributed by atoms with E-state index in [4.69, 9.17) is 0 Å². The minimum atomic E-state index is -0.0803. The number of nitrogens with zero attached hydrogens (tertiary/aromatic N) is 3. The van der Waals surface area contributed by atoms with E-state index in [-0.39, 0.29) is 5.91 Å². The van der Waals surface area contributed by atoms with Gasteiger partial charge in [-0.2, -0.15) is 5.10 Å². The average molecular weight is 387 g/mol. The van der Waals surface area contributed by atoms with Gasteiger partial charge in [0.2, 0.25) is 0 Å². The van der Waals surface area contributed by atoms with E-state index in [0.717, 1.165) is 35.1 Å². The van der Waals surface area contributed by atoms with Crippen LogP contribution in [0.5, 0.6) is 0 Å². The molecule has 1 amide bonds. The Hall–Kier alpha value is -3.94. The number of amides is 1. The van der Waals surface area contributed by atoms with E-state index in [2.05, 4.69) is 20.9 Å². The first-order chi connectivity index (χ1) is 14.2. The number of carbonyl (C=O) groups is 1. The number of aromatic amines is 1. The van der Waals surface area contributed by atoms with Gasteiger partial charge >= 0.3 is 0 Å². The van der Waals surface area contributed by atoms with Gasteiger partial charge in [0.05, 0.1) is 22.3 Å². The van der Waals surface area contributed by atoms with Crippen molar-refractivity contribution in [3.8, 4) is 11.3 Å². The van der Waals surface area contributed by atoms with Crippen LogP contribution in [0.3, 0.4) is 0 Å². The number of H-pyrrole nitrogens is 1. The second kappa shape index (κ2) is 6.90. The third-order valence-corrected chi connectivity index (χ3v) is 5.12. The number of aromatic nitrogens is 3. The molecule has 0 saturated carbocycles. The fraction of sp³-hybridized carbons (Fsp3) is 0.143. The summed E-state index contributed by atoms with van der Waals surface area (Å²) in [6.07, 6.45) is 2.43. The van der Waals surface area contributed by atoms with Crippen molar-refractivity contribution in [2.75, 3.05) is 12.0 Å². The Morgan fingerprint density at radius 1 is 1.10 bits per heavy atom. The van der Waals surface area contributed by atoms with Gasteiger partial charge in [-0.05, 0) is 18.6 Å². The lowest BCUT2D eigenvalue weighted by Crippen LogP contribution is -2.22. The van der Waals surface area contributed by atoms with E-state index in [1.165, 1.54) is 0 Å². The van der Waals surface area contributed by atoms with Crippen molar-refractivity contribution in [3.05, 3.63) is 71.4 Å². The topological polar surface area (TPSA) is 94.8 Å². The lowest BCUT2D eigenvalue weighted by Gasteiger charge is -2.04. The fourth-order valence-corrected chi connectivity index (χ4v) is 3.70. The summed E-state index contributed by atoms with van der Waals surface area (Å²) in [5.74, 6) is -0.0803. The van der Waals surface area contributed by atoms with Gasteiger partial charge < -0.3 is 9.88 Å². The predicted molar refractivity (Wildman–Crippen MR) is 110 cm³/mol. The summed E-state index contributed by atoms with van der Waals surface area (Å²) in [5.41, 5.74) is 7.05. The van der Waals surface area contributed by atoms with Crippen LogP contribution in [-0.4, -0.2) is 32.1 Å². The van der Waals surface area contributed by atoms with Crippen LogP contribution in [0.1, 0.15) is 16.9 Å². The first-order valence-electron chi connectivity index (χ1n) is 9.45. The van der Waals surface area contributed by atoms with Gasteiger partial charge in [0.1, 0.15) is 11.4 Å². The van der Waals surface area contributed by atoms with Crippen molar-refractivity contribution >= 4 is 28.2 Å². The van der Waals surface area contributed by atoms with Crippen molar-refractivity contribution in [3.63, 3.8) is 0 Å². The van der Waals surface area contributed by atoms with Crippen LogP contribution in [0.15, 0.2) is 60.8 Å². The second-order valence-corrected chi connectivity index (χ2v) is 6.96. The summed E-state index contributed by atoms with van der Waals surface area (Å²) in [5, 5.41) is 10.8. The Bertz CT molecular complexity index is 1220. The minimum Gasteiger partial charge on any atom is -0.351 e. The third-order valence-electron chi connectivity index (χ3n) is 5.12. The molecule has 4 aromatic rings. The highest BCUT2D eigenvalue weighted by Gasteiger charge is 2.23. The van der Waals surface area contributed by atoms with E-state index in [0.29, 0.717) is 28.5 Å². The molecule has 2 aromatic heterocycles. The molecule has 144 valence electrons. The SMILES string of the molecule is O=C1NCCCn2c1cc1ccc([N+](=O)Nc3cn[nH]c3-c3ccccc3)cc12. The second-order valence-electron chi connectivity index (χ2n) is 6.96. The highest BCUT2D eigenvalue weighted by atomic mass is 16.3. The molecule has 0 unspecified atom stereocenters. The van der Waals surface area contributed by atoms with Crippen LogP contribution in [0.2, 0.25) is 0 Å². The molecular formula is C21H19N6O2+. The first kappa shape index (κ1) is 17.2. The van der Waals surface area contributed by atoms with Gasteiger partial charge in [0, 0.05) is 36.2 Å². The minimum absolute atomic E-state index is 0.0803. The zero-order valence-electron chi connectivity index (χ0n) is 15.6. The number of rotatable bonds is 4. The number of anilines is 1. The Morgan fingerprint density at radius 3 is 2.83 bits per heavy atom. The maximum atomic E-state index is 12.8. The molecule has 0 bridgehead atoms. The largest absolute Gasteiger partial charge is 0.351 e. The van der Waals surface area contributed by atoms with Gasteiger partial charge in [-0.15, -0.1) is 5.43 Å². The number of nitrogens with one attached hydrogen (secondary N) is 3. The molecule has 0 fully saturated rings. The Balaban J connectivity index is 1.48. The maximum absolute atomic E-state index is 12.8. The van der Waals surface area contributed by atoms with E-state index < -0.39 is 0 Å². The normalized spacial score (nSPS) is 13.6. The molecule has 0 aliphatic carbocycles. The van der Waals surface area contributed by atoms with Crippen LogP contribution < -0.4 is 10.7 Å². The van der Waals surface area contributed by atoms with E-state index >= 15 is 0 Å². The predicted octanol–water partition coefficient (Wildman–Crippen LogP) is 3.60. The Morgan fingerprint density at radius 2 is 1.97 bits per heavy atom. The summed E-state index contributed by atoms with van der Waals surface area (Å²) in [4.78, 5) is 25.8. The fourth-order valence-electron chi connectivity index (χ4n) is 3.70. The number of hydrogen-bond donors (Lipinski definition) is 3. The van der Waals surface area contributed by atoms with Crippen LogP contribution >= 0.6 is 0 Å². The van der Waals surface area contributed by atoms with Crippen LogP contribution in [0, 0.1) is 4.91 Å². The van der Waals surface area contributed by atoms with Crippen LogP contribution in [0.4, 0.5) is 11.4 Å². The van der Waals surface area contributed by atoms with Crippen LogP contribution in [-0.2, 0) is 6.54 Å². The first-order valence-corrected chi connectivity index (χ1v) is 9.45. The van der Waals surface area contributed by atoms with E-state index in [1.807, 2.05) is 47.0 Å².